The fraction of sp³-hybridized carbons (Fsp3) is 0.526. The first-order valence-corrected chi connectivity index (χ1v) is 18.0. The van der Waals surface area contributed by atoms with E-state index in [1.54, 1.807) is 14.1 Å². The van der Waals surface area contributed by atoms with Gasteiger partial charge in [-0.25, -0.2) is 4.39 Å². The SMILES string of the molecule is CC#Cc1cc(N)cc([C@@H]2Cc3nc(OC[C@@]45CCCN4C/C(=C\F)C5)nc(N4CCCn5nc(C(=O)N(C)C)c(CC)c5C4)c3CO2)c1C(F)(F)F. The van der Waals surface area contributed by atoms with Crippen LogP contribution in [0.25, 0.3) is 0 Å². The van der Waals surface area contributed by atoms with E-state index in [4.69, 9.17) is 30.3 Å². The van der Waals surface area contributed by atoms with Crippen LogP contribution in [0.1, 0.15) is 95.3 Å². The van der Waals surface area contributed by atoms with Crippen molar-refractivity contribution in [3.63, 3.8) is 0 Å². The standard InChI is InChI=1S/C38H44F4N8O3/c1-5-9-24-14-25(43)15-27(32(24)38(40,41)42)31-16-29-28(21-52-31)34(45-36(44-29)53-22-37-10-7-12-49(37)19-23(17-37)18-39)48-11-8-13-50-30(20-48)26(6-2)33(46-50)35(51)47(3)4/h14-15,18,31H,6-8,10-13,16-17,19-22,43H2,1-4H3/b23-18-/t31-,37-/m0/s1. The number of hydrogen-bond donors (Lipinski definition) is 1. The molecule has 1 aromatic carbocycles. The minimum Gasteiger partial charge on any atom is -0.461 e. The lowest BCUT2D eigenvalue weighted by Gasteiger charge is -2.33. The molecule has 53 heavy (non-hydrogen) atoms. The summed E-state index contributed by atoms with van der Waals surface area (Å²) in [4.78, 5) is 28.7. The van der Waals surface area contributed by atoms with E-state index < -0.39 is 17.8 Å². The van der Waals surface area contributed by atoms with E-state index in [9.17, 15) is 22.4 Å². The zero-order valence-electron chi connectivity index (χ0n) is 30.4. The first-order chi connectivity index (χ1) is 25.3. The molecule has 2 fully saturated rings. The molecule has 2 aromatic heterocycles. The maximum Gasteiger partial charge on any atom is 0.417 e. The molecule has 11 nitrogen and oxygen atoms in total. The molecule has 7 rings (SSSR count). The summed E-state index contributed by atoms with van der Waals surface area (Å²) in [5, 5.41) is 4.72. The van der Waals surface area contributed by atoms with Crippen molar-refractivity contribution in [3.05, 3.63) is 68.9 Å². The molecule has 6 heterocycles. The number of ether oxygens (including phenoxy) is 2. The Morgan fingerprint density at radius 1 is 1.19 bits per heavy atom. The highest BCUT2D eigenvalue weighted by Gasteiger charge is 2.47. The molecular weight excluding hydrogens is 692 g/mol. The molecule has 0 saturated carbocycles. The molecule has 2 N–H and O–H groups in total. The predicted molar refractivity (Wildman–Crippen MR) is 190 cm³/mol. The highest BCUT2D eigenvalue weighted by molar-refractivity contribution is 5.93. The Hall–Kier alpha value is -4.68. The van der Waals surface area contributed by atoms with Crippen LogP contribution in [0.15, 0.2) is 24.0 Å². The van der Waals surface area contributed by atoms with Crippen LogP contribution in [0.5, 0.6) is 6.01 Å². The largest absolute Gasteiger partial charge is 0.461 e. The Morgan fingerprint density at radius 2 is 2.00 bits per heavy atom. The van der Waals surface area contributed by atoms with Crippen molar-refractivity contribution in [2.75, 3.05) is 51.0 Å². The Labute approximate surface area is 306 Å². The van der Waals surface area contributed by atoms with Crippen molar-refractivity contribution in [3.8, 4) is 17.9 Å². The second kappa shape index (κ2) is 14.3. The van der Waals surface area contributed by atoms with E-state index in [2.05, 4.69) is 21.6 Å². The third-order valence-electron chi connectivity index (χ3n) is 10.8. The van der Waals surface area contributed by atoms with Gasteiger partial charge in [-0.1, -0.05) is 12.8 Å². The van der Waals surface area contributed by atoms with Gasteiger partial charge >= 0.3 is 12.2 Å². The molecule has 2 saturated heterocycles. The van der Waals surface area contributed by atoms with Gasteiger partial charge in [0.15, 0.2) is 5.69 Å². The molecular formula is C38H44F4N8O3. The normalized spacial score (nSPS) is 22.2. The molecule has 0 unspecified atom stereocenters. The number of nitrogens with zero attached hydrogens (tertiary/aromatic N) is 7. The van der Waals surface area contributed by atoms with Crippen molar-refractivity contribution >= 4 is 17.4 Å². The van der Waals surface area contributed by atoms with Crippen molar-refractivity contribution in [1.29, 1.82) is 0 Å². The van der Waals surface area contributed by atoms with Crippen LogP contribution in [0.4, 0.5) is 29.1 Å². The lowest BCUT2D eigenvalue weighted by atomic mass is 9.91. The number of halogens is 4. The summed E-state index contributed by atoms with van der Waals surface area (Å²) >= 11 is 0. The number of hydrogen-bond acceptors (Lipinski definition) is 9. The van der Waals surface area contributed by atoms with E-state index >= 15 is 0 Å². The second-order valence-electron chi connectivity index (χ2n) is 14.5. The van der Waals surface area contributed by atoms with Crippen LogP contribution >= 0.6 is 0 Å². The number of rotatable bonds is 7. The van der Waals surface area contributed by atoms with Crippen LogP contribution < -0.4 is 15.4 Å². The van der Waals surface area contributed by atoms with Crippen molar-refractivity contribution in [1.82, 2.24) is 29.5 Å². The summed E-state index contributed by atoms with van der Waals surface area (Å²) in [6.45, 7) is 6.59. The highest BCUT2D eigenvalue weighted by atomic mass is 19.4. The summed E-state index contributed by atoms with van der Waals surface area (Å²) in [6.07, 6.45) is -1.42. The third kappa shape index (κ3) is 6.83. The minimum atomic E-state index is -4.71. The summed E-state index contributed by atoms with van der Waals surface area (Å²) in [7, 11) is 3.40. The van der Waals surface area contributed by atoms with Crippen LogP contribution in [0.2, 0.25) is 0 Å². The third-order valence-corrected chi connectivity index (χ3v) is 10.8. The number of nitrogen functional groups attached to an aromatic ring is 1. The van der Waals surface area contributed by atoms with Crippen molar-refractivity contribution < 1.29 is 31.8 Å². The van der Waals surface area contributed by atoms with Gasteiger partial charge < -0.3 is 25.0 Å². The Balaban J connectivity index is 1.29. The molecule has 3 aromatic rings. The van der Waals surface area contributed by atoms with Gasteiger partial charge in [0, 0.05) is 62.5 Å². The number of benzene rings is 1. The molecule has 282 valence electrons. The molecule has 4 aliphatic heterocycles. The van der Waals surface area contributed by atoms with E-state index in [1.165, 1.54) is 24.0 Å². The Morgan fingerprint density at radius 3 is 2.72 bits per heavy atom. The van der Waals surface area contributed by atoms with Gasteiger partial charge in [0.2, 0.25) is 0 Å². The number of alkyl halides is 3. The van der Waals surface area contributed by atoms with Crippen LogP contribution in [0, 0.1) is 11.8 Å². The molecule has 0 bridgehead atoms. The second-order valence-corrected chi connectivity index (χ2v) is 14.5. The number of aromatic nitrogens is 4. The fourth-order valence-electron chi connectivity index (χ4n) is 8.40. The highest BCUT2D eigenvalue weighted by Crippen LogP contribution is 2.44. The van der Waals surface area contributed by atoms with Crippen LogP contribution in [-0.2, 0) is 43.5 Å². The summed E-state index contributed by atoms with van der Waals surface area (Å²) < 4.78 is 72.1. The average molecular weight is 737 g/mol. The fourth-order valence-corrected chi connectivity index (χ4v) is 8.40. The van der Waals surface area contributed by atoms with Gasteiger partial charge in [-0.05, 0) is 68.8 Å². The Bertz CT molecular complexity index is 2020. The molecule has 4 aliphatic rings. The van der Waals surface area contributed by atoms with Crippen LogP contribution in [-0.4, -0.2) is 81.3 Å². The molecule has 0 radical (unpaired) electrons. The zero-order chi connectivity index (χ0) is 37.7. The number of carbonyl (C=O) groups excluding carboxylic acids is 1. The maximum absolute atomic E-state index is 14.6. The quantitative estimate of drug-likeness (QED) is 0.188. The predicted octanol–water partition coefficient (Wildman–Crippen LogP) is 5.60. The van der Waals surface area contributed by atoms with Gasteiger partial charge in [-0.2, -0.15) is 28.2 Å². The Kier molecular flexibility index (Phi) is 9.88. The van der Waals surface area contributed by atoms with Gasteiger partial charge in [0.05, 0.1) is 48.1 Å². The number of fused-ring (bicyclic) bond motifs is 3. The van der Waals surface area contributed by atoms with Gasteiger partial charge in [-0.3, -0.25) is 14.4 Å². The first-order valence-electron chi connectivity index (χ1n) is 18.0. The monoisotopic (exact) mass is 736 g/mol. The van der Waals surface area contributed by atoms with E-state index in [-0.39, 0.29) is 53.9 Å². The van der Waals surface area contributed by atoms with Gasteiger partial charge in [0.25, 0.3) is 5.91 Å². The molecule has 2 atom stereocenters. The summed E-state index contributed by atoms with van der Waals surface area (Å²) in [6, 6.07) is 2.63. The first kappa shape index (κ1) is 36.7. The van der Waals surface area contributed by atoms with Gasteiger partial charge in [-0.15, -0.1) is 5.92 Å². The molecule has 0 spiro atoms. The summed E-state index contributed by atoms with van der Waals surface area (Å²) in [5.74, 6) is 5.52. The lowest BCUT2D eigenvalue weighted by molar-refractivity contribution is -0.140. The minimum absolute atomic E-state index is 0.00616. The molecule has 1 amide bonds. The van der Waals surface area contributed by atoms with E-state index in [0.29, 0.717) is 74.5 Å². The number of amides is 1. The zero-order valence-corrected chi connectivity index (χ0v) is 30.4. The number of anilines is 2. The lowest BCUT2D eigenvalue weighted by Crippen LogP contribution is -2.43. The van der Waals surface area contributed by atoms with Gasteiger partial charge in [0.1, 0.15) is 12.4 Å². The maximum atomic E-state index is 14.6. The average Bonchev–Trinajstić information content (AvgIpc) is 3.74. The number of carbonyl (C=O) groups is 1. The van der Waals surface area contributed by atoms with E-state index in [1.807, 2.05) is 11.6 Å². The molecule has 0 aliphatic carbocycles. The van der Waals surface area contributed by atoms with E-state index in [0.717, 1.165) is 36.2 Å². The number of nitrogens with two attached hydrogens (primary N) is 1. The van der Waals surface area contributed by atoms with Crippen molar-refractivity contribution in [2.24, 2.45) is 0 Å². The topological polar surface area (TPSA) is 115 Å². The molecule has 15 heteroatoms. The smallest absolute Gasteiger partial charge is 0.417 e. The van der Waals surface area contributed by atoms with Crippen molar-refractivity contribution in [2.45, 2.75) is 89.9 Å². The number of aryl methyl sites for hydroxylation is 1. The van der Waals surface area contributed by atoms with Crippen LogP contribution in [0.3, 0.4) is 0 Å². The summed E-state index contributed by atoms with van der Waals surface area (Å²) in [5.41, 5.74) is 8.73.